The van der Waals surface area contributed by atoms with Gasteiger partial charge in [-0.25, -0.2) is 0 Å². The number of nitrogens with two attached hydrogens (primary N) is 1. The number of amides is 9. The van der Waals surface area contributed by atoms with Crippen LogP contribution >= 0.6 is 0 Å². The molecule has 0 aliphatic rings. The van der Waals surface area contributed by atoms with E-state index in [1.54, 1.807) is 67.7 Å². The Balaban J connectivity index is 1.59. The molecule has 4 rings (SSSR count). The average Bonchev–Trinajstić information content (AvgIpc) is 3.98. The number of likely N-dealkylation sites (N-methyl/N-ethyl adjacent to an activating group) is 1. The number of carbonyl (C=O) groups is 11. The summed E-state index contributed by atoms with van der Waals surface area (Å²) in [5, 5.41) is 37.1. The largest absolute Gasteiger partial charge is 0.481 e. The van der Waals surface area contributed by atoms with E-state index in [0.717, 1.165) is 24.0 Å². The zero-order valence-corrected chi connectivity index (χ0v) is 46.4. The lowest BCUT2D eigenvalue weighted by Gasteiger charge is -2.30. The van der Waals surface area contributed by atoms with Crippen molar-refractivity contribution in [1.29, 1.82) is 0 Å². The summed E-state index contributed by atoms with van der Waals surface area (Å²) in [7, 11) is -3.62. The quantitative estimate of drug-likeness (QED) is 0.0275. The van der Waals surface area contributed by atoms with Gasteiger partial charge < -0.3 is 67.2 Å². The zero-order chi connectivity index (χ0) is 60.7. The number of hydrogen-bond acceptors (Lipinski definition) is 14. The Morgan fingerprint density at radius 1 is 0.598 bits per heavy atom. The number of benzene rings is 3. The fourth-order valence-corrected chi connectivity index (χ4v) is 8.90. The van der Waals surface area contributed by atoms with Crippen LogP contribution in [0.15, 0.2) is 85.1 Å². The van der Waals surface area contributed by atoms with Crippen LogP contribution in [0, 0.1) is 0 Å². The molecule has 27 nitrogen and oxygen atoms in total. The molecule has 4 aromatic rings. The molecule has 9 amide bonds. The maximum atomic E-state index is 14.6. The summed E-state index contributed by atoms with van der Waals surface area (Å²) in [6.45, 7) is 3.90. The Morgan fingerprint density at radius 3 is 1.63 bits per heavy atom. The predicted octanol–water partition coefficient (Wildman–Crippen LogP) is 0.0644. The van der Waals surface area contributed by atoms with E-state index in [-0.39, 0.29) is 43.4 Å². The minimum atomic E-state index is -4.90. The normalized spacial score (nSPS) is 13.7. The van der Waals surface area contributed by atoms with Gasteiger partial charge >= 0.3 is 22.3 Å². The van der Waals surface area contributed by atoms with Crippen LogP contribution in [-0.4, -0.2) is 154 Å². The van der Waals surface area contributed by atoms with Gasteiger partial charge in [0.15, 0.2) is 0 Å². The number of fused-ring (bicyclic) bond motifs is 1. The molecular weight excluding hydrogens is 1090 g/mol. The van der Waals surface area contributed by atoms with E-state index in [1.165, 1.54) is 19.2 Å². The predicted molar refractivity (Wildman–Crippen MR) is 294 cm³/mol. The fraction of sp³-hybridized carbons (Fsp3) is 0.426. The van der Waals surface area contributed by atoms with Gasteiger partial charge in [-0.1, -0.05) is 100 Å². The highest BCUT2D eigenvalue weighted by Crippen LogP contribution is 2.22. The standard InChI is InChI=1S/C54H70N10O17S/c1-5-7-17-38(59-51(74)41(62-52(75)42(27-46(67)68)58-31(3)65)25-33-20-22-35(23-21-33)81-82(78,79)80)49(72)57-30-45(66)64(4)44(26-34-29-56-37-19-13-12-16-36(34)37)54(77)60-39(18-8-6-2)50(73)63-43(28-47(69)70)53(76)61-40(48(55)71)24-32-14-10-9-11-15-32/h9-16,19-23,29,38-44,56H,5-8,17-18,24-28,30H2,1-4H3,(H2,55,71)(H,57,72)(H,58,65)(H,59,74)(H,60,77)(H,61,76)(H,62,75)(H,63,73)(H,67,68)(H,69,70)(H,78,79,80)/t38-,39-,40-,41-,42-,43-,44-/m0/s1. The molecule has 13 N–H and O–H groups in total. The van der Waals surface area contributed by atoms with Crippen molar-refractivity contribution >= 4 is 86.4 Å². The van der Waals surface area contributed by atoms with E-state index in [4.69, 9.17) is 10.3 Å². The number of carboxylic acid groups (broad SMARTS) is 2. The van der Waals surface area contributed by atoms with Gasteiger partial charge in [-0.3, -0.25) is 57.3 Å². The molecule has 0 aliphatic carbocycles. The van der Waals surface area contributed by atoms with Gasteiger partial charge in [0.05, 0.1) is 19.4 Å². The molecule has 0 radical (unpaired) electrons. The smallest absolute Gasteiger partial charge is 0.446 e. The maximum Gasteiger partial charge on any atom is 0.446 e. The van der Waals surface area contributed by atoms with E-state index in [9.17, 15) is 71.4 Å². The number of hydrogen-bond donors (Lipinski definition) is 12. The van der Waals surface area contributed by atoms with Crippen LogP contribution in [0.1, 0.15) is 88.8 Å². The lowest BCUT2D eigenvalue weighted by atomic mass is 10.0. The number of nitrogens with zero attached hydrogens (tertiary/aromatic N) is 1. The van der Waals surface area contributed by atoms with Gasteiger partial charge in [-0.2, -0.15) is 8.42 Å². The Bertz CT molecular complexity index is 3010. The van der Waals surface area contributed by atoms with Crippen LogP contribution in [0.2, 0.25) is 0 Å². The Hall–Kier alpha value is -8.92. The third-order valence-electron chi connectivity index (χ3n) is 12.8. The van der Waals surface area contributed by atoms with Crippen LogP contribution in [0.5, 0.6) is 5.75 Å². The molecule has 28 heteroatoms. The van der Waals surface area contributed by atoms with Gasteiger partial charge in [0.2, 0.25) is 53.2 Å². The second-order valence-corrected chi connectivity index (χ2v) is 20.3. The van der Waals surface area contributed by atoms with Crippen molar-refractivity contribution in [3.63, 3.8) is 0 Å². The second kappa shape index (κ2) is 31.8. The van der Waals surface area contributed by atoms with Crippen molar-refractivity contribution in [2.75, 3.05) is 13.6 Å². The van der Waals surface area contributed by atoms with Gasteiger partial charge in [0.25, 0.3) is 0 Å². The first-order valence-electron chi connectivity index (χ1n) is 26.2. The van der Waals surface area contributed by atoms with Crippen molar-refractivity contribution in [2.24, 2.45) is 5.73 Å². The number of primary amides is 1. The third-order valence-corrected chi connectivity index (χ3v) is 13.3. The minimum Gasteiger partial charge on any atom is -0.481 e. The highest BCUT2D eigenvalue weighted by Gasteiger charge is 2.36. The van der Waals surface area contributed by atoms with E-state index < -0.39 is 137 Å². The number of aromatic nitrogens is 1. The first kappa shape index (κ1) is 65.6. The van der Waals surface area contributed by atoms with Crippen LogP contribution in [-0.2, 0) is 82.4 Å². The van der Waals surface area contributed by atoms with Crippen molar-refractivity contribution in [2.45, 2.75) is 134 Å². The Kier molecular flexibility index (Phi) is 25.4. The molecule has 0 unspecified atom stereocenters. The van der Waals surface area contributed by atoms with Crippen molar-refractivity contribution < 1.29 is 80.1 Å². The fourth-order valence-electron chi connectivity index (χ4n) is 8.54. The van der Waals surface area contributed by atoms with Gasteiger partial charge in [-0.05, 0) is 47.7 Å². The molecule has 0 saturated heterocycles. The lowest BCUT2D eigenvalue weighted by molar-refractivity contribution is -0.142. The zero-order valence-electron chi connectivity index (χ0n) is 45.6. The van der Waals surface area contributed by atoms with Crippen LogP contribution in [0.4, 0.5) is 0 Å². The molecule has 1 heterocycles. The number of carbonyl (C=O) groups excluding carboxylic acids is 9. The van der Waals surface area contributed by atoms with Crippen LogP contribution in [0.3, 0.4) is 0 Å². The van der Waals surface area contributed by atoms with Crippen LogP contribution < -0.4 is 47.1 Å². The minimum absolute atomic E-state index is 0.00479. The SMILES string of the molecule is CCCC[C@H](NC(=O)[C@H](Cc1ccc(OS(=O)(=O)O)cc1)NC(=O)[C@H](CC(=O)O)NC(C)=O)C(=O)NCC(=O)N(C)[C@@H](Cc1c[nH]c2ccccc12)C(=O)N[C@@H](CCCC)C(=O)N[C@@H](CC(=O)O)C(=O)N[C@@H](Cc1ccccc1)C(N)=O. The van der Waals surface area contributed by atoms with Crippen molar-refractivity contribution in [3.8, 4) is 5.75 Å². The molecule has 0 fully saturated rings. The van der Waals surface area contributed by atoms with Gasteiger partial charge in [-0.15, -0.1) is 0 Å². The molecule has 0 spiro atoms. The molecule has 0 bridgehead atoms. The summed E-state index contributed by atoms with van der Waals surface area (Å²) in [5.74, 6) is -11.5. The van der Waals surface area contributed by atoms with E-state index in [0.29, 0.717) is 47.7 Å². The number of carboxylic acids is 2. The number of H-pyrrole nitrogens is 1. The van der Waals surface area contributed by atoms with Crippen LogP contribution in [0.25, 0.3) is 10.9 Å². The lowest BCUT2D eigenvalue weighted by Crippen LogP contribution is -2.59. The monoisotopic (exact) mass is 1160 g/mol. The summed E-state index contributed by atoms with van der Waals surface area (Å²) in [6.07, 6.45) is 1.03. The highest BCUT2D eigenvalue weighted by atomic mass is 32.3. The number of aliphatic carboxylic acids is 2. The number of nitrogens with one attached hydrogen (secondary N) is 8. The average molecular weight is 1160 g/mol. The second-order valence-electron chi connectivity index (χ2n) is 19.3. The van der Waals surface area contributed by atoms with Crippen molar-refractivity contribution in [1.82, 2.24) is 47.1 Å². The maximum absolute atomic E-state index is 14.6. The summed E-state index contributed by atoms with van der Waals surface area (Å²) >= 11 is 0. The Morgan fingerprint density at radius 2 is 1.07 bits per heavy atom. The van der Waals surface area contributed by atoms with Gasteiger partial charge in [0.1, 0.15) is 48.0 Å². The molecule has 0 saturated carbocycles. The number of aromatic amines is 1. The molecular formula is C54H70N10O17S. The summed E-state index contributed by atoms with van der Waals surface area (Å²) in [4.78, 5) is 150. The molecule has 7 atom stereocenters. The summed E-state index contributed by atoms with van der Waals surface area (Å²) in [6, 6.07) is 10.1. The molecule has 444 valence electrons. The van der Waals surface area contributed by atoms with E-state index >= 15 is 0 Å². The third kappa shape index (κ3) is 21.6. The Labute approximate surface area is 472 Å². The summed E-state index contributed by atoms with van der Waals surface area (Å²) < 4.78 is 36.0. The number of unbranched alkanes of at least 4 members (excludes halogenated alkanes) is 2. The molecule has 3 aromatic carbocycles. The number of para-hydroxylation sites is 1. The highest BCUT2D eigenvalue weighted by molar-refractivity contribution is 7.81. The molecule has 0 aliphatic heterocycles. The first-order chi connectivity index (χ1) is 38.8. The summed E-state index contributed by atoms with van der Waals surface area (Å²) in [5.41, 5.74) is 7.76. The van der Waals surface area contributed by atoms with E-state index in [1.807, 2.05) is 6.92 Å². The van der Waals surface area contributed by atoms with E-state index in [2.05, 4.69) is 46.4 Å². The first-order valence-corrected chi connectivity index (χ1v) is 27.5. The molecule has 1 aromatic heterocycles. The topological polar surface area (TPSA) is 421 Å². The number of rotatable bonds is 34. The van der Waals surface area contributed by atoms with Gasteiger partial charge in [0, 0.05) is 50.3 Å². The van der Waals surface area contributed by atoms with Crippen molar-refractivity contribution in [3.05, 3.63) is 102 Å². The molecule has 82 heavy (non-hydrogen) atoms.